The van der Waals surface area contributed by atoms with Crippen molar-refractivity contribution in [1.82, 2.24) is 0 Å². The molecule has 0 spiro atoms. The van der Waals surface area contributed by atoms with Crippen LogP contribution in [0.2, 0.25) is 0 Å². The number of hydrogen-bond acceptors (Lipinski definition) is 7. The second-order valence-corrected chi connectivity index (χ2v) is 16.0. The minimum atomic E-state index is -4.39. The first kappa shape index (κ1) is 37.9. The first-order valence-electron chi connectivity index (χ1n) is 16.0. The molecule has 11 nitrogen and oxygen atoms in total. The number of carboxylic acid groups (broad SMARTS) is 1. The fraction of sp³-hybridized carbons (Fsp3) is 0.389. The Bertz CT molecular complexity index is 1970. The van der Waals surface area contributed by atoms with Crippen LogP contribution < -0.4 is 4.90 Å². The lowest BCUT2D eigenvalue weighted by Gasteiger charge is -2.26. The molecular weight excluding hydrogens is 669 g/mol. The Balaban J connectivity index is 1.58. The van der Waals surface area contributed by atoms with Crippen molar-refractivity contribution in [3.05, 3.63) is 95.8 Å². The lowest BCUT2D eigenvalue weighted by molar-refractivity contribution is -0.438. The van der Waals surface area contributed by atoms with E-state index in [4.69, 9.17) is 9.84 Å². The minimum absolute atomic E-state index is 0.107. The molecule has 0 bridgehead atoms. The number of aliphatic carboxylic acids is 1. The molecule has 2 aromatic rings. The zero-order chi connectivity index (χ0) is 36.2. The minimum Gasteiger partial charge on any atom is -0.481 e. The van der Waals surface area contributed by atoms with Crippen molar-refractivity contribution in [2.75, 3.05) is 31.7 Å². The molecule has 0 unspecified atom stereocenters. The summed E-state index contributed by atoms with van der Waals surface area (Å²) in [7, 11) is -7.12. The van der Waals surface area contributed by atoms with Crippen LogP contribution in [-0.4, -0.2) is 74.1 Å². The Morgan fingerprint density at radius 2 is 1.45 bits per heavy atom. The van der Waals surface area contributed by atoms with E-state index in [0.29, 0.717) is 26.1 Å². The van der Waals surface area contributed by atoms with Gasteiger partial charge in [0.2, 0.25) is 5.69 Å². The van der Waals surface area contributed by atoms with Crippen molar-refractivity contribution in [2.24, 2.45) is 0 Å². The summed E-state index contributed by atoms with van der Waals surface area (Å²) >= 11 is 0. The van der Waals surface area contributed by atoms with Crippen molar-refractivity contribution in [1.29, 1.82) is 0 Å². The molecule has 4 rings (SSSR count). The van der Waals surface area contributed by atoms with Gasteiger partial charge in [-0.2, -0.15) is 21.4 Å². The maximum atomic E-state index is 11.9. The second-order valence-electron chi connectivity index (χ2n) is 13.1. The highest BCUT2D eigenvalue weighted by molar-refractivity contribution is 7.86. The summed E-state index contributed by atoms with van der Waals surface area (Å²) in [6, 6.07) is 9.22. The van der Waals surface area contributed by atoms with Crippen LogP contribution in [-0.2, 0) is 40.6 Å². The first-order valence-corrected chi connectivity index (χ1v) is 18.9. The molecule has 3 N–H and O–H groups in total. The van der Waals surface area contributed by atoms with Gasteiger partial charge < -0.3 is 14.7 Å². The van der Waals surface area contributed by atoms with E-state index >= 15 is 0 Å². The third-order valence-corrected chi connectivity index (χ3v) is 10.8. The number of anilines is 1. The normalized spacial score (nSPS) is 18.0. The molecule has 0 amide bonds. The summed E-state index contributed by atoms with van der Waals surface area (Å²) in [5, 5.41) is 8.98. The number of hydrogen-bond donors (Lipinski definition) is 3. The maximum absolute atomic E-state index is 11.9. The van der Waals surface area contributed by atoms with Crippen molar-refractivity contribution < 1.29 is 45.2 Å². The quantitative estimate of drug-likeness (QED) is 0.0839. The van der Waals surface area contributed by atoms with Crippen LogP contribution in [0.4, 0.5) is 11.4 Å². The number of nitrogens with zero attached hydrogens (tertiary/aromatic N) is 2. The second kappa shape index (κ2) is 14.9. The smallest absolute Gasteiger partial charge is 0.303 e. The molecule has 0 aliphatic carbocycles. The van der Waals surface area contributed by atoms with E-state index in [2.05, 4.69) is 9.48 Å². The van der Waals surface area contributed by atoms with E-state index < -0.39 is 37.0 Å². The van der Waals surface area contributed by atoms with E-state index in [-0.39, 0.29) is 16.2 Å². The average Bonchev–Trinajstić information content (AvgIpc) is 3.36. The van der Waals surface area contributed by atoms with Gasteiger partial charge >= 0.3 is 5.97 Å². The van der Waals surface area contributed by atoms with Crippen LogP contribution in [0.1, 0.15) is 64.5 Å². The van der Waals surface area contributed by atoms with Gasteiger partial charge in [-0.3, -0.25) is 13.9 Å². The van der Waals surface area contributed by atoms with Crippen molar-refractivity contribution >= 4 is 43.3 Å². The van der Waals surface area contributed by atoms with Gasteiger partial charge in [0, 0.05) is 61.0 Å². The highest BCUT2D eigenvalue weighted by Crippen LogP contribution is 2.48. The molecule has 0 atom stereocenters. The number of carbonyl (C=O) groups is 1. The summed E-state index contributed by atoms with van der Waals surface area (Å²) in [4.78, 5) is 12.7. The average molecular weight is 714 g/mol. The van der Waals surface area contributed by atoms with E-state index in [9.17, 15) is 30.7 Å². The zero-order valence-corrected chi connectivity index (χ0v) is 30.1. The SMILES string of the molecule is COCCN1C(=CC=CC=CC=CC2=[N+](CCCCCC(=O)O)c3ccc(S(=O)(=O)O)cc3C2(C)C)C(C)(C)c2cc(S(=O)(=O)O)ccc21. The molecular formula is C36H45N2O9S2+. The summed E-state index contributed by atoms with van der Waals surface area (Å²) in [5.74, 6) is -0.827. The fourth-order valence-electron chi connectivity index (χ4n) is 6.50. The van der Waals surface area contributed by atoms with E-state index in [1.807, 2.05) is 70.2 Å². The highest BCUT2D eigenvalue weighted by Gasteiger charge is 2.45. The van der Waals surface area contributed by atoms with Crippen LogP contribution in [0.25, 0.3) is 0 Å². The predicted molar refractivity (Wildman–Crippen MR) is 189 cm³/mol. The third-order valence-electron chi connectivity index (χ3n) is 9.07. The Morgan fingerprint density at radius 1 is 0.837 bits per heavy atom. The molecule has 0 radical (unpaired) electrons. The molecule has 2 aliphatic heterocycles. The number of unbranched alkanes of at least 4 members (excludes halogenated alkanes) is 2. The van der Waals surface area contributed by atoms with Crippen molar-refractivity contribution in [3.63, 3.8) is 0 Å². The van der Waals surface area contributed by atoms with Gasteiger partial charge in [0.15, 0.2) is 5.71 Å². The van der Waals surface area contributed by atoms with Gasteiger partial charge in [0.1, 0.15) is 6.54 Å². The standard InChI is InChI=1S/C36H44N2O9S2/c1-35(2)28-24-26(48(41,42)43)17-19-30(28)37(21-13-9-12-16-34(39)40)32(35)14-10-7-6-8-11-15-33-36(3,4)29-25-27(49(44,45)46)18-20-31(29)38(33)22-23-47-5/h6-8,10-11,14-15,17-20,24-25H,9,12-13,16,21-23H2,1-5H3,(H2-,39,40,41,42,43,44,45,46)/p+1. The lowest BCUT2D eigenvalue weighted by atomic mass is 9.81. The van der Waals surface area contributed by atoms with Crippen LogP contribution in [0.15, 0.2) is 94.4 Å². The molecule has 264 valence electrons. The number of ether oxygens (including phenoxy) is 1. The van der Waals surface area contributed by atoms with Gasteiger partial charge in [-0.05, 0) is 68.7 Å². The topological polar surface area (TPSA) is 162 Å². The number of carboxylic acids is 1. The van der Waals surface area contributed by atoms with E-state index in [1.54, 1.807) is 19.2 Å². The molecule has 0 fully saturated rings. The van der Waals surface area contributed by atoms with Gasteiger partial charge in [-0.15, -0.1) is 0 Å². The van der Waals surface area contributed by atoms with Crippen LogP contribution in [0.5, 0.6) is 0 Å². The van der Waals surface area contributed by atoms with Crippen molar-refractivity contribution in [2.45, 2.75) is 74.0 Å². The largest absolute Gasteiger partial charge is 0.481 e. The molecule has 0 aromatic heterocycles. The molecule has 0 saturated carbocycles. The van der Waals surface area contributed by atoms with Gasteiger partial charge in [0.05, 0.1) is 21.8 Å². The summed E-state index contributed by atoms with van der Waals surface area (Å²) in [6.07, 6.45) is 15.5. The van der Waals surface area contributed by atoms with Crippen LogP contribution in [0, 0.1) is 0 Å². The Labute approximate surface area is 289 Å². The molecule has 2 heterocycles. The van der Waals surface area contributed by atoms with Crippen LogP contribution in [0.3, 0.4) is 0 Å². The number of rotatable bonds is 15. The Morgan fingerprint density at radius 3 is 2.08 bits per heavy atom. The lowest BCUT2D eigenvalue weighted by Crippen LogP contribution is -2.28. The number of methoxy groups -OCH3 is 1. The molecule has 13 heteroatoms. The number of benzene rings is 2. The zero-order valence-electron chi connectivity index (χ0n) is 28.5. The molecule has 2 aliphatic rings. The highest BCUT2D eigenvalue weighted by atomic mass is 32.2. The maximum Gasteiger partial charge on any atom is 0.303 e. The summed E-state index contributed by atoms with van der Waals surface area (Å²) in [6.45, 7) is 9.61. The number of allylic oxidation sites excluding steroid dienone is 8. The molecule has 2 aromatic carbocycles. The van der Waals surface area contributed by atoms with Crippen LogP contribution >= 0.6 is 0 Å². The Kier molecular flexibility index (Phi) is 11.6. The van der Waals surface area contributed by atoms with Gasteiger partial charge in [-0.25, -0.2) is 0 Å². The van der Waals surface area contributed by atoms with Crippen molar-refractivity contribution in [3.8, 4) is 0 Å². The van der Waals surface area contributed by atoms with Gasteiger partial charge in [0.25, 0.3) is 20.2 Å². The monoisotopic (exact) mass is 713 g/mol. The summed E-state index contributed by atoms with van der Waals surface area (Å²) < 4.78 is 74.3. The predicted octanol–water partition coefficient (Wildman–Crippen LogP) is 6.20. The first-order chi connectivity index (χ1) is 22.9. The summed E-state index contributed by atoms with van der Waals surface area (Å²) in [5.41, 5.74) is 3.99. The Hall–Kier alpha value is -3.88. The van der Waals surface area contributed by atoms with E-state index in [1.165, 1.54) is 24.3 Å². The molecule has 0 saturated heterocycles. The fourth-order valence-corrected chi connectivity index (χ4v) is 7.52. The van der Waals surface area contributed by atoms with E-state index in [0.717, 1.165) is 46.8 Å². The molecule has 49 heavy (non-hydrogen) atoms. The van der Waals surface area contributed by atoms with Gasteiger partial charge in [-0.1, -0.05) is 44.2 Å². The third kappa shape index (κ3) is 8.47. The number of fused-ring (bicyclic) bond motifs is 2.